The number of nitrogens with zero attached hydrogens (tertiary/aromatic N) is 2. The maximum atomic E-state index is 13.4. The Morgan fingerprint density at radius 1 is 1.12 bits per heavy atom. The van der Waals surface area contributed by atoms with Crippen LogP contribution in [0.25, 0.3) is 10.2 Å². The van der Waals surface area contributed by atoms with Crippen molar-refractivity contribution in [3.8, 4) is 5.75 Å². The molecule has 1 atom stereocenters. The van der Waals surface area contributed by atoms with Crippen LogP contribution in [0.3, 0.4) is 0 Å². The third-order valence-corrected chi connectivity index (χ3v) is 6.60. The Bertz CT molecular complexity index is 1430. The second kappa shape index (κ2) is 7.90. The zero-order chi connectivity index (χ0) is 23.3. The largest absolute Gasteiger partial charge is 0.503 e. The molecule has 1 aliphatic heterocycles. The number of hydrogen-bond donors (Lipinski definition) is 1. The van der Waals surface area contributed by atoms with Gasteiger partial charge >= 0.3 is 0 Å². The van der Waals surface area contributed by atoms with Gasteiger partial charge in [0, 0.05) is 0 Å². The predicted molar refractivity (Wildman–Crippen MR) is 125 cm³/mol. The molecule has 0 bridgehead atoms. The number of benzene rings is 2. The summed E-state index contributed by atoms with van der Waals surface area (Å²) in [5.41, 5.74) is 2.40. The molecule has 166 valence electrons. The molecule has 1 aliphatic rings. The normalized spacial score (nSPS) is 16.2. The van der Waals surface area contributed by atoms with Crippen LogP contribution >= 0.6 is 11.3 Å². The van der Waals surface area contributed by atoms with E-state index in [-0.39, 0.29) is 11.3 Å². The summed E-state index contributed by atoms with van der Waals surface area (Å²) >= 11 is 1.33. The topological polar surface area (TPSA) is 92.9 Å². The Hall–Kier alpha value is -3.91. The van der Waals surface area contributed by atoms with E-state index in [0.717, 1.165) is 15.8 Å². The number of rotatable bonds is 5. The summed E-state index contributed by atoms with van der Waals surface area (Å²) in [6, 6.07) is 15.2. The average molecular weight is 461 g/mol. The van der Waals surface area contributed by atoms with Crippen LogP contribution in [0.1, 0.15) is 33.5 Å². The molecule has 2 aromatic carbocycles. The maximum Gasteiger partial charge on any atom is 0.296 e. The number of carbonyl (C=O) groups is 2. The zero-order valence-corrected chi connectivity index (χ0v) is 19.0. The van der Waals surface area contributed by atoms with Crippen molar-refractivity contribution in [1.82, 2.24) is 4.98 Å². The van der Waals surface area contributed by atoms with Crippen LogP contribution in [0.15, 0.2) is 70.3 Å². The summed E-state index contributed by atoms with van der Waals surface area (Å²) in [5.74, 6) is -0.588. The molecular weight excluding hydrogens is 440 g/mol. The van der Waals surface area contributed by atoms with Gasteiger partial charge < -0.3 is 14.3 Å². The molecule has 3 heterocycles. The van der Waals surface area contributed by atoms with E-state index in [0.29, 0.717) is 22.2 Å². The first kappa shape index (κ1) is 21.0. The minimum Gasteiger partial charge on any atom is -0.503 e. The highest BCUT2D eigenvalue weighted by atomic mass is 32.1. The summed E-state index contributed by atoms with van der Waals surface area (Å²) in [7, 11) is 1.56. The van der Waals surface area contributed by atoms with Crippen LogP contribution in [-0.4, -0.2) is 28.9 Å². The van der Waals surface area contributed by atoms with Gasteiger partial charge in [-0.15, -0.1) is 0 Å². The minimum atomic E-state index is -0.872. The second-order valence-corrected chi connectivity index (χ2v) is 8.83. The first-order valence-electron chi connectivity index (χ1n) is 10.3. The first-order valence-corrected chi connectivity index (χ1v) is 11.1. The van der Waals surface area contributed by atoms with Gasteiger partial charge in [0.1, 0.15) is 11.5 Å². The number of carbonyl (C=O) groups excluding carboxylic acids is 2. The van der Waals surface area contributed by atoms with Gasteiger partial charge in [-0.1, -0.05) is 29.5 Å². The predicted octanol–water partition coefficient (Wildman–Crippen LogP) is 5.30. The molecular formula is C25H20N2O5S. The molecule has 33 heavy (non-hydrogen) atoms. The molecule has 1 amide bonds. The fraction of sp³-hybridized carbons (Fsp3) is 0.160. The van der Waals surface area contributed by atoms with Crippen LogP contribution in [0.4, 0.5) is 5.13 Å². The van der Waals surface area contributed by atoms with Gasteiger partial charge in [-0.3, -0.25) is 14.5 Å². The average Bonchev–Trinajstić information content (AvgIpc) is 3.49. The zero-order valence-electron chi connectivity index (χ0n) is 18.2. The van der Waals surface area contributed by atoms with E-state index in [9.17, 15) is 14.7 Å². The van der Waals surface area contributed by atoms with Crippen molar-refractivity contribution in [3.05, 3.63) is 88.6 Å². The lowest BCUT2D eigenvalue weighted by Crippen LogP contribution is -2.30. The Morgan fingerprint density at radius 3 is 2.55 bits per heavy atom. The number of methoxy groups -OCH3 is 1. The smallest absolute Gasteiger partial charge is 0.296 e. The van der Waals surface area contributed by atoms with Gasteiger partial charge in [0.05, 0.1) is 28.9 Å². The number of aliphatic hydroxyl groups is 1. The van der Waals surface area contributed by atoms with Gasteiger partial charge in [-0.2, -0.15) is 0 Å². The maximum absolute atomic E-state index is 13.4. The van der Waals surface area contributed by atoms with E-state index in [4.69, 9.17) is 9.15 Å². The number of Topliss-reactive ketones (excluding diaryl/α,β-unsaturated/α-hetero) is 1. The molecule has 2 aromatic heterocycles. The van der Waals surface area contributed by atoms with Gasteiger partial charge in [0.25, 0.3) is 5.91 Å². The van der Waals surface area contributed by atoms with E-state index in [1.54, 1.807) is 44.4 Å². The molecule has 0 fully saturated rings. The quantitative estimate of drug-likeness (QED) is 0.407. The number of amides is 1. The fourth-order valence-corrected chi connectivity index (χ4v) is 5.04. The molecule has 0 radical (unpaired) electrons. The Balaban J connectivity index is 1.67. The molecule has 0 saturated carbocycles. The van der Waals surface area contributed by atoms with Crippen molar-refractivity contribution in [1.29, 1.82) is 0 Å². The Kier molecular flexibility index (Phi) is 5.02. The molecule has 0 saturated heterocycles. The van der Waals surface area contributed by atoms with Gasteiger partial charge in [-0.25, -0.2) is 4.98 Å². The second-order valence-electron chi connectivity index (χ2n) is 7.82. The van der Waals surface area contributed by atoms with Gasteiger partial charge in [0.15, 0.2) is 16.7 Å². The van der Waals surface area contributed by atoms with Crippen LogP contribution < -0.4 is 9.64 Å². The third-order valence-electron chi connectivity index (χ3n) is 5.59. The number of aliphatic hydroxyl groups excluding tert-OH is 1. The third kappa shape index (κ3) is 3.48. The molecule has 1 N–H and O–H groups in total. The summed E-state index contributed by atoms with van der Waals surface area (Å²) < 4.78 is 11.7. The fourth-order valence-electron chi connectivity index (χ4n) is 3.95. The standard InChI is InChI=1S/C25H20N2O5S/c1-13-4-10-17-19(12-13)33-25(26-17)27-21(15-6-8-16(31-3)9-7-15)20(23(29)24(27)30)22(28)18-11-5-14(2)32-18/h4-12,21,29H,1-3H3. The number of anilines is 1. The van der Waals surface area contributed by atoms with Crippen LogP contribution in [0.2, 0.25) is 0 Å². The summed E-state index contributed by atoms with van der Waals surface area (Å²) in [6.45, 7) is 3.71. The van der Waals surface area contributed by atoms with Crippen molar-refractivity contribution >= 4 is 38.4 Å². The lowest BCUT2D eigenvalue weighted by Gasteiger charge is -2.24. The van der Waals surface area contributed by atoms with Crippen molar-refractivity contribution in [2.75, 3.05) is 12.0 Å². The minimum absolute atomic E-state index is 0.0463. The lowest BCUT2D eigenvalue weighted by atomic mass is 9.95. The highest BCUT2D eigenvalue weighted by Crippen LogP contribution is 2.44. The summed E-state index contributed by atoms with van der Waals surface area (Å²) in [6.07, 6.45) is 0. The molecule has 7 nitrogen and oxygen atoms in total. The molecule has 8 heteroatoms. The molecule has 0 aliphatic carbocycles. The lowest BCUT2D eigenvalue weighted by molar-refractivity contribution is -0.117. The number of ketones is 1. The van der Waals surface area contributed by atoms with Crippen molar-refractivity contribution in [3.63, 3.8) is 0 Å². The SMILES string of the molecule is COc1ccc(C2C(C(=O)c3ccc(C)o3)=C(O)C(=O)N2c2nc3ccc(C)cc3s2)cc1. The van der Waals surface area contributed by atoms with Crippen LogP contribution in [0.5, 0.6) is 5.75 Å². The number of furan rings is 1. The van der Waals surface area contributed by atoms with E-state index < -0.39 is 23.5 Å². The molecule has 5 rings (SSSR count). The Morgan fingerprint density at radius 2 is 1.88 bits per heavy atom. The van der Waals surface area contributed by atoms with E-state index in [1.165, 1.54) is 22.3 Å². The van der Waals surface area contributed by atoms with Crippen molar-refractivity contribution in [2.45, 2.75) is 19.9 Å². The number of thiazole rings is 1. The molecule has 4 aromatic rings. The van der Waals surface area contributed by atoms with Crippen LogP contribution in [-0.2, 0) is 4.79 Å². The number of aromatic nitrogens is 1. The van der Waals surface area contributed by atoms with Crippen molar-refractivity contribution in [2.24, 2.45) is 0 Å². The van der Waals surface area contributed by atoms with E-state index in [1.807, 2.05) is 25.1 Å². The number of ether oxygens (including phenoxy) is 1. The first-order chi connectivity index (χ1) is 15.9. The molecule has 0 spiro atoms. The summed E-state index contributed by atoms with van der Waals surface area (Å²) in [4.78, 5) is 32.7. The van der Waals surface area contributed by atoms with Crippen LogP contribution in [0, 0.1) is 13.8 Å². The number of aryl methyl sites for hydroxylation is 2. The van der Waals surface area contributed by atoms with Gasteiger partial charge in [-0.05, 0) is 61.4 Å². The highest BCUT2D eigenvalue weighted by molar-refractivity contribution is 7.22. The van der Waals surface area contributed by atoms with Crippen molar-refractivity contribution < 1.29 is 23.8 Å². The monoisotopic (exact) mass is 460 g/mol. The van der Waals surface area contributed by atoms with E-state index in [2.05, 4.69) is 4.98 Å². The summed E-state index contributed by atoms with van der Waals surface area (Å²) in [5, 5.41) is 11.3. The number of fused-ring (bicyclic) bond motifs is 1. The Labute approximate surface area is 193 Å². The van der Waals surface area contributed by atoms with E-state index >= 15 is 0 Å². The highest BCUT2D eigenvalue weighted by Gasteiger charge is 2.46. The van der Waals surface area contributed by atoms with Gasteiger partial charge in [0.2, 0.25) is 5.78 Å². The number of hydrogen-bond acceptors (Lipinski definition) is 7. The molecule has 1 unspecified atom stereocenters.